The van der Waals surface area contributed by atoms with Gasteiger partial charge in [-0.15, -0.1) is 0 Å². The van der Waals surface area contributed by atoms with Crippen LogP contribution in [0.1, 0.15) is 12.5 Å². The summed E-state index contributed by atoms with van der Waals surface area (Å²) in [5.41, 5.74) is 0.536. The zero-order valence-electron chi connectivity index (χ0n) is 11.6. The van der Waals surface area contributed by atoms with Crippen molar-refractivity contribution in [2.24, 2.45) is 0 Å². The molecule has 0 unspecified atom stereocenters. The zero-order chi connectivity index (χ0) is 14.5. The topological polar surface area (TPSA) is 47.0 Å². The van der Waals surface area contributed by atoms with E-state index in [1.54, 1.807) is 25.1 Å². The highest BCUT2D eigenvalue weighted by Crippen LogP contribution is 2.25. The number of halogens is 1. The molecule has 0 radical (unpaired) electrons. The number of aromatic nitrogens is 2. The van der Waals surface area contributed by atoms with Crippen molar-refractivity contribution in [3.05, 3.63) is 35.6 Å². The van der Waals surface area contributed by atoms with Gasteiger partial charge in [0.15, 0.2) is 5.16 Å². The molecule has 2 rings (SSSR count). The highest BCUT2D eigenvalue weighted by atomic mass is 32.2. The number of nitrogens with one attached hydrogen (secondary N) is 1. The van der Waals surface area contributed by atoms with E-state index >= 15 is 0 Å². The van der Waals surface area contributed by atoms with Gasteiger partial charge in [-0.25, -0.2) is 9.37 Å². The Balaban J connectivity index is 2.27. The monoisotopic (exact) mass is 293 g/mol. The molecule has 2 aromatic rings. The number of ether oxygens (including phenoxy) is 1. The molecular weight excluding hydrogens is 277 g/mol. The van der Waals surface area contributed by atoms with Crippen molar-refractivity contribution in [1.29, 1.82) is 0 Å². The standard InChI is InChI=1S/C14H16FN3OS/c1-4-16-12-8-13(18-14(17-12)20-3)19-10-5-6-11(15)9(2)7-10/h5-8H,4H2,1-3H3,(H,16,17,18). The summed E-state index contributed by atoms with van der Waals surface area (Å²) in [6.07, 6.45) is 1.90. The van der Waals surface area contributed by atoms with E-state index in [4.69, 9.17) is 4.74 Å². The number of rotatable bonds is 5. The summed E-state index contributed by atoms with van der Waals surface area (Å²) in [6.45, 7) is 4.45. The Morgan fingerprint density at radius 3 is 2.75 bits per heavy atom. The lowest BCUT2D eigenvalue weighted by molar-refractivity contribution is 0.454. The van der Waals surface area contributed by atoms with Gasteiger partial charge in [0.25, 0.3) is 0 Å². The summed E-state index contributed by atoms with van der Waals surface area (Å²) >= 11 is 1.44. The lowest BCUT2D eigenvalue weighted by Crippen LogP contribution is -2.02. The van der Waals surface area contributed by atoms with Crippen LogP contribution in [0.25, 0.3) is 0 Å². The molecule has 0 amide bonds. The van der Waals surface area contributed by atoms with E-state index in [-0.39, 0.29) is 5.82 Å². The van der Waals surface area contributed by atoms with Gasteiger partial charge in [-0.3, -0.25) is 0 Å². The largest absolute Gasteiger partial charge is 0.439 e. The molecule has 0 atom stereocenters. The Bertz CT molecular complexity index is 607. The summed E-state index contributed by atoms with van der Waals surface area (Å²) < 4.78 is 18.9. The summed E-state index contributed by atoms with van der Waals surface area (Å²) in [7, 11) is 0. The molecular formula is C14H16FN3OS. The number of hydrogen-bond donors (Lipinski definition) is 1. The molecule has 1 N–H and O–H groups in total. The van der Waals surface area contributed by atoms with E-state index in [0.29, 0.717) is 28.2 Å². The third kappa shape index (κ3) is 3.60. The number of aryl methyl sites for hydroxylation is 1. The fourth-order valence-corrected chi connectivity index (χ4v) is 1.99. The molecule has 0 fully saturated rings. The smallest absolute Gasteiger partial charge is 0.225 e. The normalized spacial score (nSPS) is 10.4. The lowest BCUT2D eigenvalue weighted by Gasteiger charge is -2.09. The molecule has 0 bridgehead atoms. The SMILES string of the molecule is CCNc1cc(Oc2ccc(F)c(C)c2)nc(SC)n1. The van der Waals surface area contributed by atoms with E-state index in [0.717, 1.165) is 6.54 Å². The Morgan fingerprint density at radius 2 is 2.10 bits per heavy atom. The second-order valence-corrected chi connectivity index (χ2v) is 4.89. The summed E-state index contributed by atoms with van der Waals surface area (Å²) in [6, 6.07) is 6.33. The van der Waals surface area contributed by atoms with Crippen LogP contribution in [-0.4, -0.2) is 22.8 Å². The van der Waals surface area contributed by atoms with Gasteiger partial charge in [0.2, 0.25) is 5.88 Å². The minimum absolute atomic E-state index is 0.252. The minimum atomic E-state index is -0.252. The summed E-state index contributed by atoms with van der Waals surface area (Å²) in [4.78, 5) is 8.59. The van der Waals surface area contributed by atoms with Crippen LogP contribution in [0, 0.1) is 12.7 Å². The van der Waals surface area contributed by atoms with Gasteiger partial charge in [0, 0.05) is 12.6 Å². The third-order valence-electron chi connectivity index (χ3n) is 2.57. The molecule has 20 heavy (non-hydrogen) atoms. The first-order valence-electron chi connectivity index (χ1n) is 6.23. The van der Waals surface area contributed by atoms with Gasteiger partial charge in [-0.1, -0.05) is 11.8 Å². The average molecular weight is 293 g/mol. The van der Waals surface area contributed by atoms with Crippen molar-refractivity contribution >= 4 is 17.6 Å². The predicted molar refractivity (Wildman–Crippen MR) is 79.2 cm³/mol. The summed E-state index contributed by atoms with van der Waals surface area (Å²) in [5.74, 6) is 1.45. The molecule has 4 nitrogen and oxygen atoms in total. The Labute approximate surface area is 121 Å². The van der Waals surface area contributed by atoms with E-state index in [9.17, 15) is 4.39 Å². The molecule has 1 heterocycles. The molecule has 0 aliphatic carbocycles. The Hall–Kier alpha value is -1.82. The van der Waals surface area contributed by atoms with Crippen molar-refractivity contribution < 1.29 is 9.13 Å². The molecule has 0 saturated heterocycles. The van der Waals surface area contributed by atoms with E-state index < -0.39 is 0 Å². The van der Waals surface area contributed by atoms with Crippen LogP contribution >= 0.6 is 11.8 Å². The van der Waals surface area contributed by atoms with Crippen LogP contribution in [0.5, 0.6) is 11.6 Å². The number of thioether (sulfide) groups is 1. The highest BCUT2D eigenvalue weighted by Gasteiger charge is 2.07. The first-order valence-corrected chi connectivity index (χ1v) is 7.45. The van der Waals surface area contributed by atoms with Gasteiger partial charge in [0.05, 0.1) is 0 Å². The molecule has 0 spiro atoms. The zero-order valence-corrected chi connectivity index (χ0v) is 12.4. The predicted octanol–water partition coefficient (Wildman–Crippen LogP) is 3.87. The maximum atomic E-state index is 13.2. The quantitative estimate of drug-likeness (QED) is 0.670. The lowest BCUT2D eigenvalue weighted by atomic mass is 10.2. The van der Waals surface area contributed by atoms with Gasteiger partial charge >= 0.3 is 0 Å². The van der Waals surface area contributed by atoms with E-state index in [1.165, 1.54) is 17.8 Å². The molecule has 106 valence electrons. The first-order chi connectivity index (χ1) is 9.62. The van der Waals surface area contributed by atoms with Crippen molar-refractivity contribution in [2.45, 2.75) is 19.0 Å². The fourth-order valence-electron chi connectivity index (χ4n) is 1.62. The second-order valence-electron chi connectivity index (χ2n) is 4.12. The van der Waals surface area contributed by atoms with Crippen LogP contribution in [-0.2, 0) is 0 Å². The van der Waals surface area contributed by atoms with Gasteiger partial charge < -0.3 is 10.1 Å². The van der Waals surface area contributed by atoms with Crippen molar-refractivity contribution in [3.63, 3.8) is 0 Å². The maximum absolute atomic E-state index is 13.2. The van der Waals surface area contributed by atoms with Crippen LogP contribution in [0.15, 0.2) is 29.4 Å². The highest BCUT2D eigenvalue weighted by molar-refractivity contribution is 7.98. The molecule has 6 heteroatoms. The van der Waals surface area contributed by atoms with E-state index in [1.807, 2.05) is 13.2 Å². The first kappa shape index (κ1) is 14.6. The van der Waals surface area contributed by atoms with Crippen molar-refractivity contribution in [1.82, 2.24) is 9.97 Å². The van der Waals surface area contributed by atoms with Crippen LogP contribution < -0.4 is 10.1 Å². The maximum Gasteiger partial charge on any atom is 0.225 e. The van der Waals surface area contributed by atoms with Crippen LogP contribution in [0.3, 0.4) is 0 Å². The number of hydrogen-bond acceptors (Lipinski definition) is 5. The number of nitrogens with zero attached hydrogens (tertiary/aromatic N) is 2. The van der Waals surface area contributed by atoms with Crippen LogP contribution in [0.2, 0.25) is 0 Å². The third-order valence-corrected chi connectivity index (χ3v) is 3.12. The van der Waals surface area contributed by atoms with Crippen molar-refractivity contribution in [2.75, 3.05) is 18.1 Å². The van der Waals surface area contributed by atoms with Gasteiger partial charge in [-0.05, 0) is 43.9 Å². The minimum Gasteiger partial charge on any atom is -0.439 e. The molecule has 1 aromatic heterocycles. The Kier molecular flexibility index (Phi) is 4.79. The average Bonchev–Trinajstić information content (AvgIpc) is 2.43. The second kappa shape index (κ2) is 6.56. The number of benzene rings is 1. The number of anilines is 1. The van der Waals surface area contributed by atoms with Gasteiger partial charge in [0.1, 0.15) is 17.4 Å². The van der Waals surface area contributed by atoms with E-state index in [2.05, 4.69) is 15.3 Å². The molecule has 0 aliphatic heterocycles. The van der Waals surface area contributed by atoms with Crippen molar-refractivity contribution in [3.8, 4) is 11.6 Å². The summed E-state index contributed by atoms with van der Waals surface area (Å²) in [5, 5.41) is 3.75. The molecule has 0 aliphatic rings. The molecule has 0 saturated carbocycles. The molecule has 1 aromatic carbocycles. The Morgan fingerprint density at radius 1 is 1.30 bits per heavy atom. The van der Waals surface area contributed by atoms with Crippen LogP contribution in [0.4, 0.5) is 10.2 Å². The van der Waals surface area contributed by atoms with Gasteiger partial charge in [-0.2, -0.15) is 4.98 Å². The fraction of sp³-hybridized carbons (Fsp3) is 0.286.